The summed E-state index contributed by atoms with van der Waals surface area (Å²) in [5.41, 5.74) is 2.09. The number of nitrogens with one attached hydrogen (secondary N) is 1. The first-order valence-electron chi connectivity index (χ1n) is 9.37. The molecule has 0 aliphatic carbocycles. The second-order valence-electron chi connectivity index (χ2n) is 6.84. The van der Waals surface area contributed by atoms with E-state index >= 15 is 0 Å². The zero-order chi connectivity index (χ0) is 19.4. The Balaban J connectivity index is 1.41. The van der Waals surface area contributed by atoms with Gasteiger partial charge in [0.05, 0.1) is 18.1 Å². The SMILES string of the molecule is O=S(=O)(NCc1cccc(CN2CCOCC2)c1)c1ccc2c(c1)OCCO2. The van der Waals surface area contributed by atoms with Crippen molar-refractivity contribution in [2.45, 2.75) is 18.0 Å². The van der Waals surface area contributed by atoms with E-state index in [-0.39, 0.29) is 11.4 Å². The third-order valence-electron chi connectivity index (χ3n) is 4.79. The quantitative estimate of drug-likeness (QED) is 0.791. The van der Waals surface area contributed by atoms with Crippen LogP contribution in [0.25, 0.3) is 0 Å². The lowest BCUT2D eigenvalue weighted by molar-refractivity contribution is 0.0342. The molecule has 2 aromatic rings. The van der Waals surface area contributed by atoms with Crippen molar-refractivity contribution in [1.82, 2.24) is 9.62 Å². The van der Waals surface area contributed by atoms with Gasteiger partial charge in [0, 0.05) is 32.2 Å². The van der Waals surface area contributed by atoms with Crippen molar-refractivity contribution in [2.75, 3.05) is 39.5 Å². The molecule has 0 aromatic heterocycles. The molecule has 0 bridgehead atoms. The summed E-state index contributed by atoms with van der Waals surface area (Å²) in [5.74, 6) is 1.03. The highest BCUT2D eigenvalue weighted by Gasteiger charge is 2.19. The minimum atomic E-state index is -3.64. The van der Waals surface area contributed by atoms with Crippen LogP contribution in [0.3, 0.4) is 0 Å². The highest BCUT2D eigenvalue weighted by atomic mass is 32.2. The van der Waals surface area contributed by atoms with Crippen molar-refractivity contribution in [3.63, 3.8) is 0 Å². The van der Waals surface area contributed by atoms with Gasteiger partial charge in [0.1, 0.15) is 13.2 Å². The number of benzene rings is 2. The molecule has 1 saturated heterocycles. The van der Waals surface area contributed by atoms with Gasteiger partial charge in [-0.05, 0) is 23.3 Å². The molecule has 2 heterocycles. The van der Waals surface area contributed by atoms with E-state index in [9.17, 15) is 8.42 Å². The van der Waals surface area contributed by atoms with Crippen LogP contribution in [0.5, 0.6) is 11.5 Å². The molecule has 150 valence electrons. The van der Waals surface area contributed by atoms with Crippen molar-refractivity contribution in [1.29, 1.82) is 0 Å². The first-order chi connectivity index (χ1) is 13.6. The molecule has 0 saturated carbocycles. The van der Waals surface area contributed by atoms with E-state index in [2.05, 4.69) is 15.7 Å². The van der Waals surface area contributed by atoms with Crippen LogP contribution in [0.15, 0.2) is 47.4 Å². The minimum absolute atomic E-state index is 0.168. The van der Waals surface area contributed by atoms with E-state index in [4.69, 9.17) is 14.2 Å². The number of nitrogens with zero attached hydrogens (tertiary/aromatic N) is 1. The maximum atomic E-state index is 12.7. The summed E-state index contributed by atoms with van der Waals surface area (Å²) in [6.07, 6.45) is 0. The molecule has 2 aromatic carbocycles. The second-order valence-corrected chi connectivity index (χ2v) is 8.61. The number of fused-ring (bicyclic) bond motifs is 1. The second kappa shape index (κ2) is 8.48. The van der Waals surface area contributed by atoms with Crippen LogP contribution < -0.4 is 14.2 Å². The Morgan fingerprint density at radius 2 is 1.64 bits per heavy atom. The molecule has 1 fully saturated rings. The number of sulfonamides is 1. The highest BCUT2D eigenvalue weighted by molar-refractivity contribution is 7.89. The van der Waals surface area contributed by atoms with Crippen LogP contribution in [0.2, 0.25) is 0 Å². The normalized spacial score (nSPS) is 17.4. The molecule has 1 N–H and O–H groups in total. The highest BCUT2D eigenvalue weighted by Crippen LogP contribution is 2.32. The largest absolute Gasteiger partial charge is 0.486 e. The molecule has 0 radical (unpaired) electrons. The van der Waals surface area contributed by atoms with E-state index < -0.39 is 10.0 Å². The Morgan fingerprint density at radius 1 is 0.893 bits per heavy atom. The third-order valence-corrected chi connectivity index (χ3v) is 6.19. The predicted octanol–water partition coefficient (Wildman–Crippen LogP) is 1.77. The van der Waals surface area contributed by atoms with E-state index in [1.165, 1.54) is 12.1 Å². The van der Waals surface area contributed by atoms with Crippen LogP contribution in [-0.4, -0.2) is 52.8 Å². The van der Waals surface area contributed by atoms with E-state index in [1.807, 2.05) is 18.2 Å². The van der Waals surface area contributed by atoms with Gasteiger partial charge in [-0.25, -0.2) is 13.1 Å². The fraction of sp³-hybridized carbons (Fsp3) is 0.400. The first kappa shape index (κ1) is 19.2. The smallest absolute Gasteiger partial charge is 0.241 e. The van der Waals surface area contributed by atoms with Crippen molar-refractivity contribution < 1.29 is 22.6 Å². The fourth-order valence-corrected chi connectivity index (χ4v) is 4.34. The average Bonchev–Trinajstić information content (AvgIpc) is 2.73. The summed E-state index contributed by atoms with van der Waals surface area (Å²) in [4.78, 5) is 2.50. The van der Waals surface area contributed by atoms with E-state index in [1.54, 1.807) is 6.07 Å². The topological polar surface area (TPSA) is 77.1 Å². The van der Waals surface area contributed by atoms with E-state index in [0.29, 0.717) is 24.7 Å². The number of hydrogen-bond donors (Lipinski definition) is 1. The van der Waals surface area contributed by atoms with Gasteiger partial charge >= 0.3 is 0 Å². The van der Waals surface area contributed by atoms with Gasteiger partial charge in [0.15, 0.2) is 11.5 Å². The Kier molecular flexibility index (Phi) is 5.82. The summed E-state index contributed by atoms with van der Waals surface area (Å²) < 4.78 is 44.3. The van der Waals surface area contributed by atoms with Gasteiger partial charge in [0.2, 0.25) is 10.0 Å². The summed E-state index contributed by atoms with van der Waals surface area (Å²) in [7, 11) is -3.64. The van der Waals surface area contributed by atoms with Gasteiger partial charge in [0.25, 0.3) is 0 Å². The predicted molar refractivity (Wildman–Crippen MR) is 104 cm³/mol. The lowest BCUT2D eigenvalue weighted by Crippen LogP contribution is -2.35. The van der Waals surface area contributed by atoms with Gasteiger partial charge in [-0.3, -0.25) is 4.90 Å². The van der Waals surface area contributed by atoms with Crippen molar-refractivity contribution >= 4 is 10.0 Å². The molecule has 0 spiro atoms. The molecule has 0 unspecified atom stereocenters. The lowest BCUT2D eigenvalue weighted by atomic mass is 10.1. The summed E-state index contributed by atoms with van der Waals surface area (Å²) in [6, 6.07) is 12.7. The Labute approximate surface area is 165 Å². The molecule has 0 atom stereocenters. The maximum absolute atomic E-state index is 12.7. The Hall–Kier alpha value is -2.13. The maximum Gasteiger partial charge on any atom is 0.241 e. The molecular weight excluding hydrogens is 380 g/mol. The number of rotatable bonds is 6. The van der Waals surface area contributed by atoms with Gasteiger partial charge < -0.3 is 14.2 Å². The summed E-state index contributed by atoms with van der Waals surface area (Å²) in [6.45, 7) is 5.31. The molecular formula is C20H24N2O5S. The molecule has 4 rings (SSSR count). The molecule has 2 aliphatic rings. The zero-order valence-electron chi connectivity index (χ0n) is 15.6. The number of ether oxygens (including phenoxy) is 3. The minimum Gasteiger partial charge on any atom is -0.486 e. The summed E-state index contributed by atoms with van der Waals surface area (Å²) >= 11 is 0. The van der Waals surface area contributed by atoms with Crippen LogP contribution in [-0.2, 0) is 27.8 Å². The van der Waals surface area contributed by atoms with Gasteiger partial charge in [-0.15, -0.1) is 0 Å². The standard InChI is InChI=1S/C20H24N2O5S/c23-28(24,18-4-5-19-20(13-18)27-11-10-26-19)21-14-16-2-1-3-17(12-16)15-22-6-8-25-9-7-22/h1-5,12-13,21H,6-11,14-15H2. The average molecular weight is 404 g/mol. The zero-order valence-corrected chi connectivity index (χ0v) is 16.4. The summed E-state index contributed by atoms with van der Waals surface area (Å²) in [5, 5.41) is 0. The fourth-order valence-electron chi connectivity index (χ4n) is 3.31. The van der Waals surface area contributed by atoms with Crippen LogP contribution in [0, 0.1) is 0 Å². The molecule has 7 nitrogen and oxygen atoms in total. The Morgan fingerprint density at radius 3 is 2.46 bits per heavy atom. The third kappa shape index (κ3) is 4.64. The van der Waals surface area contributed by atoms with E-state index in [0.717, 1.165) is 44.0 Å². The van der Waals surface area contributed by atoms with Crippen LogP contribution in [0.4, 0.5) is 0 Å². The lowest BCUT2D eigenvalue weighted by Gasteiger charge is -2.26. The molecule has 0 amide bonds. The van der Waals surface area contributed by atoms with Gasteiger partial charge in [-0.2, -0.15) is 0 Å². The molecule has 28 heavy (non-hydrogen) atoms. The van der Waals surface area contributed by atoms with Crippen LogP contribution in [0.1, 0.15) is 11.1 Å². The number of morpholine rings is 1. The van der Waals surface area contributed by atoms with Crippen LogP contribution >= 0.6 is 0 Å². The van der Waals surface area contributed by atoms with Crippen molar-refractivity contribution in [3.8, 4) is 11.5 Å². The Bertz CT molecular complexity index is 926. The first-order valence-corrected chi connectivity index (χ1v) is 10.9. The van der Waals surface area contributed by atoms with Crippen molar-refractivity contribution in [2.24, 2.45) is 0 Å². The molecule has 2 aliphatic heterocycles. The monoisotopic (exact) mass is 404 g/mol. The number of hydrogen-bond acceptors (Lipinski definition) is 6. The van der Waals surface area contributed by atoms with Gasteiger partial charge in [-0.1, -0.05) is 24.3 Å². The molecule has 8 heteroatoms. The van der Waals surface area contributed by atoms with Crippen molar-refractivity contribution in [3.05, 3.63) is 53.6 Å².